The maximum absolute atomic E-state index is 12.4. The van der Waals surface area contributed by atoms with E-state index in [-0.39, 0.29) is 18.3 Å². The number of likely N-dealkylation sites (tertiary alicyclic amines) is 1. The zero-order valence-electron chi connectivity index (χ0n) is 43.6. The van der Waals surface area contributed by atoms with Gasteiger partial charge >= 0.3 is 6.09 Å². The Labute approximate surface area is 448 Å². The molecule has 1 N–H and O–H groups in total. The summed E-state index contributed by atoms with van der Waals surface area (Å²) >= 11 is 0. The van der Waals surface area contributed by atoms with Gasteiger partial charge in [0.2, 0.25) is 0 Å². The highest BCUT2D eigenvalue weighted by Crippen LogP contribution is 2.40. The third kappa shape index (κ3) is 11.6. The second-order valence-electron chi connectivity index (χ2n) is 20.6. The van der Waals surface area contributed by atoms with E-state index < -0.39 is 5.60 Å². The van der Waals surface area contributed by atoms with Crippen molar-refractivity contribution in [1.82, 2.24) is 30.2 Å². The summed E-state index contributed by atoms with van der Waals surface area (Å²) in [5.74, 6) is 1.09. The first-order chi connectivity index (χ1) is 37.5. The molecule has 18 heteroatoms. The van der Waals surface area contributed by atoms with Gasteiger partial charge in [0, 0.05) is 81.0 Å². The summed E-state index contributed by atoms with van der Waals surface area (Å²) in [5.41, 5.74) is 13.1. The van der Waals surface area contributed by atoms with Crippen LogP contribution in [-0.2, 0) is 27.1 Å². The van der Waals surface area contributed by atoms with Crippen LogP contribution in [-0.4, -0.2) is 139 Å². The molecule has 4 saturated heterocycles. The summed E-state index contributed by atoms with van der Waals surface area (Å²) in [5, 5.41) is 23.0. The Morgan fingerprint density at radius 1 is 0.623 bits per heavy atom. The van der Waals surface area contributed by atoms with Crippen LogP contribution < -0.4 is 24.6 Å². The van der Waals surface area contributed by atoms with Gasteiger partial charge in [-0.2, -0.15) is 10.5 Å². The van der Waals surface area contributed by atoms with Crippen LogP contribution in [0.25, 0.3) is 22.5 Å². The number of hydrogen-bond acceptors (Lipinski definition) is 17. The van der Waals surface area contributed by atoms with E-state index in [0.29, 0.717) is 60.7 Å². The number of hydrogen-bond donors (Lipinski definition) is 1. The molecule has 2 atom stereocenters. The van der Waals surface area contributed by atoms with Crippen LogP contribution >= 0.6 is 0 Å². The lowest BCUT2D eigenvalue weighted by molar-refractivity contribution is 0.0275. The van der Waals surface area contributed by atoms with Crippen LogP contribution in [0.4, 0.5) is 27.5 Å². The molecule has 4 fully saturated rings. The number of nitrogens with one attached hydrogen (secondary N) is 1. The molecule has 6 aliphatic rings. The van der Waals surface area contributed by atoms with E-state index in [4.69, 9.17) is 33.7 Å². The maximum Gasteiger partial charge on any atom is 0.410 e. The Balaban J connectivity index is 0.000000166. The Morgan fingerprint density at radius 3 is 1.56 bits per heavy atom. The zero-order valence-corrected chi connectivity index (χ0v) is 43.6. The number of amides is 1. The molecule has 392 valence electrons. The fourth-order valence-electron chi connectivity index (χ4n) is 10.3. The minimum absolute atomic E-state index is 0.0954. The molecular weight excluding hydrogens is 973 g/mol. The molecule has 2 aromatic heterocycles. The Morgan fingerprint density at radius 2 is 1.10 bits per heavy atom. The standard InChI is InChI=1S/C32H34N6O4.C27H26N6O2/c1-32(2,3)42-31(39)38-11-10-25(19-38)41-28-9-6-22(16-23(28)18-33)29-30-27(34-20-35-29)17-26(36-30)21-4-7-24(8-5-21)37-12-14-40-15-13-37;28-15-20-13-19(3-6-25(20)35-22-7-8-29-16-22)26-27-24(30-17-31-26)14-23(32-27)18-1-4-21(5-2-18)33-9-11-34-12-10-33/h4-9,16,20,25H,10-15,17,19H2,1-3H3;1-6,13,17,22,29H,7-12,14,16H2/t25-;22-/m11/s1. The van der Waals surface area contributed by atoms with Gasteiger partial charge in [-0.1, -0.05) is 24.3 Å². The van der Waals surface area contributed by atoms with Gasteiger partial charge in [0.05, 0.1) is 78.3 Å². The number of nitriles is 2. The number of fused-ring (bicyclic) bond motifs is 2. The third-order valence-corrected chi connectivity index (χ3v) is 14.3. The lowest BCUT2D eigenvalue weighted by Gasteiger charge is -2.28. The first kappa shape index (κ1) is 50.8. The largest absolute Gasteiger partial charge is 0.488 e. The van der Waals surface area contributed by atoms with Crippen molar-refractivity contribution in [2.24, 2.45) is 9.98 Å². The van der Waals surface area contributed by atoms with Gasteiger partial charge in [-0.15, -0.1) is 0 Å². The lowest BCUT2D eigenvalue weighted by Crippen LogP contribution is -2.36. The fraction of sp³-hybridized carbons (Fsp3) is 0.373. The molecule has 4 aromatic carbocycles. The van der Waals surface area contributed by atoms with Crippen molar-refractivity contribution in [3.05, 3.63) is 131 Å². The minimum atomic E-state index is -0.556. The molecule has 0 bridgehead atoms. The second-order valence-corrected chi connectivity index (χ2v) is 20.6. The molecule has 1 amide bonds. The van der Waals surface area contributed by atoms with Crippen molar-refractivity contribution in [2.45, 2.75) is 64.3 Å². The number of aromatic nitrogens is 4. The molecular formula is C59H60N12O6. The van der Waals surface area contributed by atoms with Gasteiger partial charge in [-0.3, -0.25) is 0 Å². The summed E-state index contributed by atoms with van der Waals surface area (Å²) in [7, 11) is 0. The SMILES string of the molecule is CC(C)(C)OC(=O)N1CC[C@@H](Oc2ccc(-c3ncnc4c3N=C(c3ccc(N5CCOCC5)cc3)C4)cc2C#N)C1.N#Cc1cc(-c2ncnc3c2N=C(c2ccc(N4CCOCC4)cc2)C3)ccc1O[C@@H]1CCNC1. The number of morpholine rings is 2. The molecule has 0 radical (unpaired) electrons. The first-order valence-corrected chi connectivity index (χ1v) is 26.4. The number of ether oxygens (including phenoxy) is 5. The molecule has 77 heavy (non-hydrogen) atoms. The van der Waals surface area contributed by atoms with Crippen LogP contribution in [0.1, 0.15) is 67.3 Å². The predicted octanol–water partition coefficient (Wildman–Crippen LogP) is 8.19. The van der Waals surface area contributed by atoms with E-state index >= 15 is 0 Å². The summed E-state index contributed by atoms with van der Waals surface area (Å²) in [4.78, 5) is 46.7. The number of benzene rings is 4. The minimum Gasteiger partial charge on any atom is -0.488 e. The lowest BCUT2D eigenvalue weighted by atomic mass is 10.0. The highest BCUT2D eigenvalue weighted by molar-refractivity contribution is 6.08. The van der Waals surface area contributed by atoms with Crippen molar-refractivity contribution in [2.75, 3.05) is 88.6 Å². The predicted molar refractivity (Wildman–Crippen MR) is 292 cm³/mol. The van der Waals surface area contributed by atoms with Crippen LogP contribution in [0.5, 0.6) is 11.5 Å². The molecule has 0 unspecified atom stereocenters. The number of aliphatic imine (C=N–C) groups is 2. The molecule has 0 saturated carbocycles. The van der Waals surface area contributed by atoms with Crippen LogP contribution in [0.2, 0.25) is 0 Å². The normalized spacial score (nSPS) is 18.7. The van der Waals surface area contributed by atoms with Crippen molar-refractivity contribution in [1.29, 1.82) is 10.5 Å². The summed E-state index contributed by atoms with van der Waals surface area (Å²) in [6.07, 6.45) is 5.52. The Bertz CT molecular complexity index is 3290. The number of carbonyl (C=O) groups is 1. The second kappa shape index (κ2) is 22.5. The number of rotatable bonds is 10. The van der Waals surface area contributed by atoms with E-state index in [1.165, 1.54) is 11.4 Å². The third-order valence-electron chi connectivity index (χ3n) is 14.3. The highest BCUT2D eigenvalue weighted by Gasteiger charge is 2.32. The van der Waals surface area contributed by atoms with Gasteiger partial charge in [0.1, 0.15) is 65.5 Å². The molecule has 18 nitrogen and oxygen atoms in total. The average molecular weight is 1030 g/mol. The number of anilines is 2. The van der Waals surface area contributed by atoms with Crippen LogP contribution in [0, 0.1) is 22.7 Å². The Kier molecular flexibility index (Phi) is 14.9. The highest BCUT2D eigenvalue weighted by atomic mass is 16.6. The average Bonchev–Trinajstić information content (AvgIpc) is 4.37. The smallest absolute Gasteiger partial charge is 0.410 e. The van der Waals surface area contributed by atoms with Gasteiger partial charge in [-0.05, 0) is 106 Å². The summed E-state index contributed by atoms with van der Waals surface area (Å²) in [6.45, 7) is 14.9. The first-order valence-electron chi connectivity index (χ1n) is 26.4. The number of carbonyl (C=O) groups excluding carboxylic acids is 1. The van der Waals surface area contributed by atoms with Gasteiger partial charge in [0.15, 0.2) is 0 Å². The quantitative estimate of drug-likeness (QED) is 0.137. The van der Waals surface area contributed by atoms with Crippen molar-refractivity contribution in [3.8, 4) is 46.2 Å². The molecule has 8 heterocycles. The molecule has 6 aliphatic heterocycles. The number of nitrogens with zero attached hydrogens (tertiary/aromatic N) is 11. The fourth-order valence-corrected chi connectivity index (χ4v) is 10.3. The van der Waals surface area contributed by atoms with Crippen molar-refractivity contribution in [3.63, 3.8) is 0 Å². The molecule has 0 aliphatic carbocycles. The molecule has 0 spiro atoms. The van der Waals surface area contributed by atoms with E-state index in [9.17, 15) is 15.3 Å². The van der Waals surface area contributed by atoms with Gasteiger partial charge in [-0.25, -0.2) is 34.7 Å². The van der Waals surface area contributed by atoms with Gasteiger partial charge < -0.3 is 43.7 Å². The van der Waals surface area contributed by atoms with E-state index in [1.807, 2.05) is 45.0 Å². The molecule has 6 aromatic rings. The van der Waals surface area contributed by atoms with Crippen molar-refractivity contribution >= 4 is 40.3 Å². The Hall–Kier alpha value is -8.29. The van der Waals surface area contributed by atoms with Gasteiger partial charge in [0.25, 0.3) is 0 Å². The van der Waals surface area contributed by atoms with E-state index in [1.54, 1.807) is 29.7 Å². The van der Waals surface area contributed by atoms with Crippen molar-refractivity contribution < 1.29 is 28.5 Å². The monoisotopic (exact) mass is 1030 g/mol. The zero-order chi connectivity index (χ0) is 52.9. The summed E-state index contributed by atoms with van der Waals surface area (Å²) < 4.78 is 28.6. The van der Waals surface area contributed by atoms with E-state index in [0.717, 1.165) is 134 Å². The summed E-state index contributed by atoms with van der Waals surface area (Å²) in [6, 6.07) is 32.7. The molecule has 12 rings (SSSR count). The topological polar surface area (TPSA) is 209 Å². The van der Waals surface area contributed by atoms with E-state index in [2.05, 4.69) is 95.7 Å². The van der Waals surface area contributed by atoms with Crippen LogP contribution in [0.15, 0.2) is 108 Å². The van der Waals surface area contributed by atoms with Crippen LogP contribution in [0.3, 0.4) is 0 Å². The maximum atomic E-state index is 12.4.